The van der Waals surface area contributed by atoms with E-state index in [1.165, 1.54) is 50.4 Å². The van der Waals surface area contributed by atoms with Gasteiger partial charge in [-0.1, -0.05) is 47.1 Å². The summed E-state index contributed by atoms with van der Waals surface area (Å²) in [6.45, 7) is 1.38. The molecule has 0 N–H and O–H groups in total. The summed E-state index contributed by atoms with van der Waals surface area (Å²) >= 11 is 12.7. The molecular weight excluding hydrogens is 417 g/mol. The fourth-order valence-corrected chi connectivity index (χ4v) is 4.02. The SMILES string of the molecule is CC(=O)SCC(=O)c1ccc(S(=O)(=O)N(C)c2ccc(Cl)c(Cl)c2)cc1. The minimum absolute atomic E-state index is 0.0185. The van der Waals surface area contributed by atoms with Crippen molar-refractivity contribution >= 4 is 61.6 Å². The van der Waals surface area contributed by atoms with Crippen LogP contribution in [0.3, 0.4) is 0 Å². The number of hydrogen-bond acceptors (Lipinski definition) is 5. The molecule has 138 valence electrons. The zero-order valence-corrected chi connectivity index (χ0v) is 17.0. The van der Waals surface area contributed by atoms with Gasteiger partial charge in [-0.15, -0.1) is 0 Å². The first-order valence-corrected chi connectivity index (χ1v) is 10.5. The number of thioether (sulfide) groups is 1. The minimum atomic E-state index is -3.83. The van der Waals surface area contributed by atoms with Gasteiger partial charge in [0.15, 0.2) is 10.9 Å². The third-order valence-corrected chi connectivity index (χ3v) is 6.86. The predicted octanol–water partition coefficient (Wildman–Crippen LogP) is 4.28. The van der Waals surface area contributed by atoms with Gasteiger partial charge in [0.25, 0.3) is 10.0 Å². The van der Waals surface area contributed by atoms with E-state index in [1.807, 2.05) is 0 Å². The van der Waals surface area contributed by atoms with E-state index >= 15 is 0 Å². The fourth-order valence-electron chi connectivity index (χ4n) is 2.04. The van der Waals surface area contributed by atoms with Crippen LogP contribution in [0.5, 0.6) is 0 Å². The van der Waals surface area contributed by atoms with Crippen molar-refractivity contribution in [2.24, 2.45) is 0 Å². The third kappa shape index (κ3) is 4.79. The lowest BCUT2D eigenvalue weighted by atomic mass is 10.1. The number of ketones is 1. The second kappa shape index (κ2) is 8.43. The monoisotopic (exact) mass is 431 g/mol. The molecule has 5 nitrogen and oxygen atoms in total. The zero-order valence-electron chi connectivity index (χ0n) is 13.9. The van der Waals surface area contributed by atoms with Crippen LogP contribution in [0.25, 0.3) is 0 Å². The van der Waals surface area contributed by atoms with Crippen LogP contribution in [0.1, 0.15) is 17.3 Å². The van der Waals surface area contributed by atoms with Crippen molar-refractivity contribution in [3.8, 4) is 0 Å². The van der Waals surface area contributed by atoms with E-state index in [0.717, 1.165) is 16.1 Å². The summed E-state index contributed by atoms with van der Waals surface area (Å²) in [7, 11) is -2.43. The van der Waals surface area contributed by atoms with Crippen molar-refractivity contribution in [2.45, 2.75) is 11.8 Å². The summed E-state index contributed by atoms with van der Waals surface area (Å²) in [6, 6.07) is 10.1. The van der Waals surface area contributed by atoms with Crippen molar-refractivity contribution in [1.29, 1.82) is 0 Å². The lowest BCUT2D eigenvalue weighted by Crippen LogP contribution is -2.26. The van der Waals surface area contributed by atoms with E-state index in [0.29, 0.717) is 16.3 Å². The Morgan fingerprint density at radius 1 is 1.04 bits per heavy atom. The lowest BCUT2D eigenvalue weighted by Gasteiger charge is -2.20. The normalized spacial score (nSPS) is 11.2. The standard InChI is InChI=1S/C17H15Cl2NO4S2/c1-11(21)25-10-17(22)12-3-6-14(7-4-12)26(23,24)20(2)13-5-8-15(18)16(19)9-13/h3-9H,10H2,1-2H3. The van der Waals surface area contributed by atoms with Gasteiger partial charge < -0.3 is 0 Å². The fraction of sp³-hybridized carbons (Fsp3) is 0.176. The van der Waals surface area contributed by atoms with Crippen LogP contribution in [-0.2, 0) is 14.8 Å². The Balaban J connectivity index is 2.24. The van der Waals surface area contributed by atoms with E-state index in [-0.39, 0.29) is 26.6 Å². The van der Waals surface area contributed by atoms with Crippen LogP contribution in [0.2, 0.25) is 10.0 Å². The van der Waals surface area contributed by atoms with Crippen LogP contribution in [-0.4, -0.2) is 32.1 Å². The van der Waals surface area contributed by atoms with Gasteiger partial charge in [-0.3, -0.25) is 13.9 Å². The van der Waals surface area contributed by atoms with Gasteiger partial charge in [-0.05, 0) is 30.3 Å². The smallest absolute Gasteiger partial charge is 0.264 e. The predicted molar refractivity (Wildman–Crippen MR) is 106 cm³/mol. The molecule has 0 aromatic heterocycles. The third-order valence-electron chi connectivity index (χ3n) is 3.51. The molecule has 0 fully saturated rings. The van der Waals surface area contributed by atoms with Crippen LogP contribution in [0.4, 0.5) is 5.69 Å². The topological polar surface area (TPSA) is 71.5 Å². The molecule has 2 aromatic carbocycles. The lowest BCUT2D eigenvalue weighted by molar-refractivity contribution is -0.109. The number of benzene rings is 2. The van der Waals surface area contributed by atoms with Gasteiger partial charge in [0.2, 0.25) is 0 Å². The Bertz CT molecular complexity index is 944. The average molecular weight is 432 g/mol. The van der Waals surface area contributed by atoms with E-state index in [1.54, 1.807) is 6.07 Å². The maximum atomic E-state index is 12.7. The molecule has 2 aromatic rings. The molecule has 0 spiro atoms. The second-order valence-corrected chi connectivity index (χ2v) is 9.23. The molecule has 0 atom stereocenters. The molecule has 0 saturated heterocycles. The molecule has 0 unspecified atom stereocenters. The molecule has 0 aliphatic heterocycles. The first kappa shape index (κ1) is 20.8. The number of nitrogens with zero attached hydrogens (tertiary/aromatic N) is 1. The molecule has 0 bridgehead atoms. The van der Waals surface area contributed by atoms with Gasteiger partial charge >= 0.3 is 0 Å². The van der Waals surface area contributed by atoms with E-state index in [9.17, 15) is 18.0 Å². The zero-order chi connectivity index (χ0) is 19.5. The number of hydrogen-bond donors (Lipinski definition) is 0. The average Bonchev–Trinajstić information content (AvgIpc) is 2.61. The van der Waals surface area contributed by atoms with Gasteiger partial charge in [-0.2, -0.15) is 0 Å². The first-order valence-electron chi connectivity index (χ1n) is 7.33. The number of anilines is 1. The molecule has 0 amide bonds. The van der Waals surface area contributed by atoms with Crippen LogP contribution in [0, 0.1) is 0 Å². The van der Waals surface area contributed by atoms with Crippen molar-refractivity contribution in [3.63, 3.8) is 0 Å². The molecule has 0 heterocycles. The van der Waals surface area contributed by atoms with Gasteiger partial charge in [-0.25, -0.2) is 8.42 Å². The number of carbonyl (C=O) groups is 2. The van der Waals surface area contributed by atoms with Crippen LogP contribution in [0.15, 0.2) is 47.4 Å². The van der Waals surface area contributed by atoms with Crippen molar-refractivity contribution in [3.05, 3.63) is 58.1 Å². The summed E-state index contributed by atoms with van der Waals surface area (Å²) in [5.41, 5.74) is 0.701. The number of rotatable bonds is 6. The van der Waals surface area contributed by atoms with Crippen molar-refractivity contribution in [2.75, 3.05) is 17.1 Å². The summed E-state index contributed by atoms with van der Waals surface area (Å²) in [4.78, 5) is 22.9. The highest BCUT2D eigenvalue weighted by Gasteiger charge is 2.22. The van der Waals surface area contributed by atoms with Crippen molar-refractivity contribution in [1.82, 2.24) is 0 Å². The molecular formula is C17H15Cl2NO4S2. The summed E-state index contributed by atoms with van der Waals surface area (Å²) in [6.07, 6.45) is 0. The summed E-state index contributed by atoms with van der Waals surface area (Å²) in [5, 5.41) is 0.420. The van der Waals surface area contributed by atoms with Gasteiger partial charge in [0, 0.05) is 19.5 Å². The number of halogens is 2. The van der Waals surface area contributed by atoms with E-state index < -0.39 is 10.0 Å². The number of carbonyl (C=O) groups excluding carboxylic acids is 2. The Labute approximate surface area is 166 Å². The van der Waals surface area contributed by atoms with E-state index in [2.05, 4.69) is 0 Å². The molecule has 26 heavy (non-hydrogen) atoms. The number of Topliss-reactive ketones (excluding diaryl/α,β-unsaturated/α-hetero) is 1. The Morgan fingerprint density at radius 3 is 2.19 bits per heavy atom. The molecule has 0 aliphatic carbocycles. The van der Waals surface area contributed by atoms with Gasteiger partial charge in [0.05, 0.1) is 26.4 Å². The molecule has 2 rings (SSSR count). The highest BCUT2D eigenvalue weighted by Crippen LogP contribution is 2.29. The van der Waals surface area contributed by atoms with Crippen LogP contribution < -0.4 is 4.31 Å². The highest BCUT2D eigenvalue weighted by molar-refractivity contribution is 8.14. The maximum Gasteiger partial charge on any atom is 0.264 e. The Morgan fingerprint density at radius 2 is 1.65 bits per heavy atom. The largest absolute Gasteiger partial charge is 0.293 e. The first-order chi connectivity index (χ1) is 12.1. The van der Waals surface area contributed by atoms with Gasteiger partial charge in [0.1, 0.15) is 0 Å². The highest BCUT2D eigenvalue weighted by atomic mass is 35.5. The summed E-state index contributed by atoms with van der Waals surface area (Å²) < 4.78 is 26.6. The minimum Gasteiger partial charge on any atom is -0.293 e. The molecule has 9 heteroatoms. The molecule has 0 aliphatic rings. The van der Waals surface area contributed by atoms with E-state index in [4.69, 9.17) is 23.2 Å². The molecule has 0 radical (unpaired) electrons. The van der Waals surface area contributed by atoms with Crippen molar-refractivity contribution < 1.29 is 18.0 Å². The second-order valence-electron chi connectivity index (χ2n) is 5.30. The quantitative estimate of drug-likeness (QED) is 0.638. The maximum absolute atomic E-state index is 12.7. The Kier molecular flexibility index (Phi) is 6.74. The Hall–Kier alpha value is -1.54. The summed E-state index contributed by atoms with van der Waals surface area (Å²) in [5.74, 6) is -0.225. The molecule has 0 saturated carbocycles. The van der Waals surface area contributed by atoms with Crippen LogP contribution >= 0.6 is 35.0 Å². The number of sulfonamides is 1.